The van der Waals surface area contributed by atoms with Crippen LogP contribution in [0.15, 0.2) is 65.1 Å². The zero-order valence-electron chi connectivity index (χ0n) is 21.6. The van der Waals surface area contributed by atoms with Gasteiger partial charge in [0.1, 0.15) is 24.4 Å². The standard InChI is InChI=1S/C31H33N3O2/c1-6-19-32-31(35)25-14-12-11-13-24(25)30-26-17-15-22(33(7-2)8-3)20-28(26)36-29-21-23(16-18-27(29)30)34(9-4)10-5/h1,11-18,20-21H,7-10,19H2,2-5H3/p+1. The van der Waals surface area contributed by atoms with Crippen molar-refractivity contribution in [2.75, 3.05) is 37.6 Å². The van der Waals surface area contributed by atoms with Crippen LogP contribution >= 0.6 is 0 Å². The molecule has 0 unspecified atom stereocenters. The predicted molar refractivity (Wildman–Crippen MR) is 149 cm³/mol. The first-order chi connectivity index (χ1) is 17.6. The quantitative estimate of drug-likeness (QED) is 0.214. The molecule has 1 N–H and O–H groups in total. The first-order valence-corrected chi connectivity index (χ1v) is 12.7. The molecule has 1 heterocycles. The summed E-state index contributed by atoms with van der Waals surface area (Å²) in [5.41, 5.74) is 5.28. The van der Waals surface area contributed by atoms with E-state index < -0.39 is 0 Å². The summed E-state index contributed by atoms with van der Waals surface area (Å²) < 4.78 is 8.85. The maximum absolute atomic E-state index is 13.1. The number of carbonyl (C=O) groups is 1. The Kier molecular flexibility index (Phi) is 7.75. The van der Waals surface area contributed by atoms with Gasteiger partial charge in [-0.2, -0.15) is 0 Å². The third-order valence-electron chi connectivity index (χ3n) is 6.74. The van der Waals surface area contributed by atoms with Gasteiger partial charge in [-0.25, -0.2) is 4.58 Å². The summed E-state index contributed by atoms with van der Waals surface area (Å²) in [4.78, 5) is 15.4. The van der Waals surface area contributed by atoms with Crippen molar-refractivity contribution in [3.8, 4) is 34.8 Å². The Hall–Kier alpha value is -4.04. The van der Waals surface area contributed by atoms with Crippen molar-refractivity contribution in [2.45, 2.75) is 27.7 Å². The average molecular weight is 481 g/mol. The minimum Gasteiger partial charge on any atom is -0.456 e. The fourth-order valence-corrected chi connectivity index (χ4v) is 4.85. The van der Waals surface area contributed by atoms with E-state index in [-0.39, 0.29) is 12.5 Å². The number of hydrogen-bond donors (Lipinski definition) is 1. The summed E-state index contributed by atoms with van der Waals surface area (Å²) in [6, 6.07) is 20.4. The van der Waals surface area contributed by atoms with Crippen LogP contribution in [0.2, 0.25) is 0 Å². The molecular formula is C31H34N3O2+. The van der Waals surface area contributed by atoms with Gasteiger partial charge in [-0.3, -0.25) is 4.79 Å². The lowest BCUT2D eigenvalue weighted by Gasteiger charge is -2.22. The van der Waals surface area contributed by atoms with E-state index in [1.165, 1.54) is 0 Å². The largest absolute Gasteiger partial charge is 0.456 e. The van der Waals surface area contributed by atoms with E-state index in [0.717, 1.165) is 70.6 Å². The van der Waals surface area contributed by atoms with Crippen LogP contribution in [0.4, 0.5) is 5.69 Å². The molecule has 36 heavy (non-hydrogen) atoms. The van der Waals surface area contributed by atoms with E-state index in [1.54, 1.807) is 0 Å². The minimum atomic E-state index is -0.190. The third kappa shape index (κ3) is 4.72. The fourth-order valence-electron chi connectivity index (χ4n) is 4.85. The Morgan fingerprint density at radius 3 is 2.42 bits per heavy atom. The van der Waals surface area contributed by atoms with Crippen molar-refractivity contribution < 1.29 is 9.21 Å². The number of terminal acetylenes is 1. The number of nitrogens with one attached hydrogen (secondary N) is 1. The molecule has 0 radical (unpaired) electrons. The van der Waals surface area contributed by atoms with Crippen molar-refractivity contribution in [2.24, 2.45) is 0 Å². The molecular weight excluding hydrogens is 446 g/mol. The van der Waals surface area contributed by atoms with Gasteiger partial charge in [-0.05, 0) is 57.5 Å². The molecule has 0 aromatic heterocycles. The van der Waals surface area contributed by atoms with Gasteiger partial charge >= 0.3 is 0 Å². The summed E-state index contributed by atoms with van der Waals surface area (Å²) in [6.45, 7) is 12.4. The number of anilines is 1. The molecule has 0 fully saturated rings. The fraction of sp³-hybridized carbons (Fsp3) is 0.290. The van der Waals surface area contributed by atoms with Gasteiger partial charge in [0.15, 0.2) is 0 Å². The summed E-state index contributed by atoms with van der Waals surface area (Å²) >= 11 is 0. The Balaban J connectivity index is 2.08. The van der Waals surface area contributed by atoms with Gasteiger partial charge in [0.2, 0.25) is 5.36 Å². The molecule has 0 saturated heterocycles. The minimum absolute atomic E-state index is 0.180. The highest BCUT2D eigenvalue weighted by Gasteiger charge is 2.22. The smallest absolute Gasteiger partial charge is 0.252 e. The molecule has 4 rings (SSSR count). The van der Waals surface area contributed by atoms with Gasteiger partial charge in [0.05, 0.1) is 12.6 Å². The number of hydrogen-bond acceptors (Lipinski definition) is 3. The Morgan fingerprint density at radius 1 is 0.972 bits per heavy atom. The molecule has 0 atom stereocenters. The molecule has 5 heteroatoms. The number of fused-ring (bicyclic) bond motifs is 2. The lowest BCUT2D eigenvalue weighted by Crippen LogP contribution is -2.29. The number of carbonyl (C=O) groups excluding carboxylic acids is 1. The van der Waals surface area contributed by atoms with Crippen molar-refractivity contribution >= 4 is 22.6 Å². The second-order valence-electron chi connectivity index (χ2n) is 8.61. The van der Waals surface area contributed by atoms with Gasteiger partial charge in [-0.15, -0.1) is 6.42 Å². The third-order valence-corrected chi connectivity index (χ3v) is 6.74. The first-order valence-electron chi connectivity index (χ1n) is 12.7. The zero-order valence-corrected chi connectivity index (χ0v) is 21.6. The molecule has 1 aliphatic heterocycles. The van der Waals surface area contributed by atoms with Crippen LogP contribution in [0.5, 0.6) is 0 Å². The second kappa shape index (κ2) is 11.1. The van der Waals surface area contributed by atoms with Gasteiger partial charge in [0, 0.05) is 53.0 Å². The maximum Gasteiger partial charge on any atom is 0.252 e. The van der Waals surface area contributed by atoms with E-state index in [9.17, 15) is 4.79 Å². The van der Waals surface area contributed by atoms with Gasteiger partial charge in [0.25, 0.3) is 5.91 Å². The van der Waals surface area contributed by atoms with Crippen LogP contribution in [-0.4, -0.2) is 38.6 Å². The topological polar surface area (TPSA) is 48.5 Å². The lowest BCUT2D eigenvalue weighted by atomic mass is 9.90. The van der Waals surface area contributed by atoms with Crippen LogP contribution in [-0.2, 0) is 0 Å². The highest BCUT2D eigenvalue weighted by Crippen LogP contribution is 2.42. The predicted octanol–water partition coefficient (Wildman–Crippen LogP) is 5.23. The molecule has 2 aliphatic rings. The summed E-state index contributed by atoms with van der Waals surface area (Å²) in [5.74, 6) is 3.09. The first kappa shape index (κ1) is 25.1. The Morgan fingerprint density at radius 2 is 1.72 bits per heavy atom. The molecule has 0 bridgehead atoms. The van der Waals surface area contributed by atoms with E-state index in [2.05, 4.69) is 84.8 Å². The van der Waals surface area contributed by atoms with Crippen molar-refractivity contribution in [3.05, 3.63) is 71.6 Å². The zero-order chi connectivity index (χ0) is 25.7. The second-order valence-corrected chi connectivity index (χ2v) is 8.61. The van der Waals surface area contributed by atoms with Crippen molar-refractivity contribution in [1.29, 1.82) is 0 Å². The van der Waals surface area contributed by atoms with E-state index in [4.69, 9.17) is 10.8 Å². The molecule has 5 nitrogen and oxygen atoms in total. The van der Waals surface area contributed by atoms with Gasteiger partial charge < -0.3 is 14.6 Å². The van der Waals surface area contributed by atoms with E-state index in [0.29, 0.717) is 5.56 Å². The maximum atomic E-state index is 13.1. The monoisotopic (exact) mass is 480 g/mol. The molecule has 1 amide bonds. The molecule has 0 saturated carbocycles. The van der Waals surface area contributed by atoms with Crippen LogP contribution in [0.1, 0.15) is 38.1 Å². The van der Waals surface area contributed by atoms with Crippen LogP contribution in [0.3, 0.4) is 0 Å². The number of rotatable bonds is 8. The van der Waals surface area contributed by atoms with E-state index in [1.807, 2.05) is 24.3 Å². The summed E-state index contributed by atoms with van der Waals surface area (Å²) in [7, 11) is 0. The van der Waals surface area contributed by atoms with E-state index >= 15 is 0 Å². The number of benzene rings is 3. The molecule has 2 aromatic carbocycles. The van der Waals surface area contributed by atoms with Crippen LogP contribution in [0, 0.1) is 12.3 Å². The highest BCUT2D eigenvalue weighted by atomic mass is 16.3. The highest BCUT2D eigenvalue weighted by molar-refractivity contribution is 6.09. The Labute approximate surface area is 213 Å². The molecule has 0 spiro atoms. The number of nitrogens with zero attached hydrogens (tertiary/aromatic N) is 2. The van der Waals surface area contributed by atoms with Crippen LogP contribution in [0.25, 0.3) is 33.4 Å². The van der Waals surface area contributed by atoms with Gasteiger partial charge in [-0.1, -0.05) is 24.1 Å². The SMILES string of the molecule is C#CCNC(=O)c1ccccc1-c1c2ccc(=[N+](CC)CC)cc-2oc2cc(N(CC)CC)ccc12. The molecule has 2 aromatic rings. The van der Waals surface area contributed by atoms with Crippen molar-refractivity contribution in [1.82, 2.24) is 9.89 Å². The number of amides is 1. The van der Waals surface area contributed by atoms with Crippen LogP contribution < -0.4 is 20.1 Å². The molecule has 184 valence electrons. The average Bonchev–Trinajstić information content (AvgIpc) is 2.91. The normalized spacial score (nSPS) is 10.9. The Bertz CT molecular complexity index is 1470. The lowest BCUT2D eigenvalue weighted by molar-refractivity contribution is 0.0959. The summed E-state index contributed by atoms with van der Waals surface area (Å²) in [6.07, 6.45) is 5.39. The van der Waals surface area contributed by atoms with Crippen molar-refractivity contribution in [3.63, 3.8) is 0 Å². The summed E-state index contributed by atoms with van der Waals surface area (Å²) in [5, 5.41) is 4.90. The molecule has 1 aliphatic carbocycles.